The quantitative estimate of drug-likeness (QED) is 0.799. The van der Waals surface area contributed by atoms with Crippen molar-refractivity contribution in [2.75, 3.05) is 0 Å². The van der Waals surface area contributed by atoms with Crippen LogP contribution in [0.4, 0.5) is 0 Å². The summed E-state index contributed by atoms with van der Waals surface area (Å²) in [6.07, 6.45) is 0.901. The Hall–Kier alpha value is -0.240. The fourth-order valence-corrected chi connectivity index (χ4v) is 1.29. The van der Waals surface area contributed by atoms with Gasteiger partial charge in [-0.3, -0.25) is 0 Å². The van der Waals surface area contributed by atoms with Crippen LogP contribution in [0, 0.1) is 0 Å². The van der Waals surface area contributed by atoms with E-state index in [2.05, 4.69) is 0 Å². The summed E-state index contributed by atoms with van der Waals surface area (Å²) in [6, 6.07) is 5.55. The second-order valence-electron chi connectivity index (χ2n) is 2.69. The summed E-state index contributed by atoms with van der Waals surface area (Å²) in [5.74, 6) is 0. The first-order valence-corrected chi connectivity index (χ1v) is 4.61. The van der Waals surface area contributed by atoms with Crippen LogP contribution in [-0.2, 0) is 0 Å². The van der Waals surface area contributed by atoms with E-state index in [9.17, 15) is 0 Å². The third-order valence-corrected chi connectivity index (χ3v) is 2.55. The molecule has 1 aromatic rings. The van der Waals surface area contributed by atoms with Crippen LogP contribution in [0.25, 0.3) is 0 Å². The molecule has 0 aromatic heterocycles. The van der Waals surface area contributed by atoms with Crippen molar-refractivity contribution in [1.82, 2.24) is 0 Å². The zero-order valence-electron chi connectivity index (χ0n) is 6.85. The van der Waals surface area contributed by atoms with Crippen LogP contribution in [0.5, 0.6) is 0 Å². The Labute approximate surface area is 89.8 Å². The van der Waals surface area contributed by atoms with E-state index in [-0.39, 0.29) is 13.5 Å². The minimum absolute atomic E-state index is 0. The van der Waals surface area contributed by atoms with E-state index in [1.54, 1.807) is 6.07 Å². The third-order valence-electron chi connectivity index (χ3n) is 1.81. The van der Waals surface area contributed by atoms with Crippen molar-refractivity contribution in [3.63, 3.8) is 0 Å². The topological polar surface area (TPSA) is 26.0 Å². The molecule has 0 saturated carbocycles. The zero-order valence-corrected chi connectivity index (χ0v) is 8.36. The fraction of sp³-hybridized carbons (Fsp3) is 0.400. The fourth-order valence-electron chi connectivity index (χ4n) is 0.979. The van der Waals surface area contributed by atoms with Crippen LogP contribution in [-0.4, -0.2) is 0 Å². The molecule has 0 radical (unpaired) electrons. The highest BCUT2D eigenvalue weighted by Crippen LogP contribution is 2.25. The average molecular weight is 220 g/mol. The van der Waals surface area contributed by atoms with Gasteiger partial charge in [0.1, 0.15) is 0 Å². The third kappa shape index (κ3) is 3.18. The number of hydrogen-bond donors (Lipinski definition) is 1. The van der Waals surface area contributed by atoms with E-state index in [0.717, 1.165) is 12.0 Å². The molecule has 0 fully saturated rings. The minimum atomic E-state index is 0. The Bertz CT molecular complexity index is 274. The first kappa shape index (κ1) is 12.8. The monoisotopic (exact) mass is 219 g/mol. The van der Waals surface area contributed by atoms with Crippen molar-refractivity contribution in [2.45, 2.75) is 26.8 Å². The molecule has 1 rings (SSSR count). The number of benzene rings is 1. The van der Waals surface area contributed by atoms with E-state index < -0.39 is 0 Å². The molecular weight excluding hydrogens is 205 g/mol. The molecule has 1 aromatic carbocycles. The molecule has 0 spiro atoms. The lowest BCUT2D eigenvalue weighted by Crippen LogP contribution is -2.08. The minimum Gasteiger partial charge on any atom is -0.324 e. The molecule has 0 bridgehead atoms. The lowest BCUT2D eigenvalue weighted by Gasteiger charge is -2.09. The van der Waals surface area contributed by atoms with E-state index >= 15 is 0 Å². The molecule has 74 valence electrons. The van der Waals surface area contributed by atoms with Crippen LogP contribution in [0.3, 0.4) is 0 Å². The maximum absolute atomic E-state index is 5.83. The summed E-state index contributed by atoms with van der Waals surface area (Å²) in [5.41, 5.74) is 6.85. The van der Waals surface area contributed by atoms with Gasteiger partial charge in [0, 0.05) is 6.04 Å². The van der Waals surface area contributed by atoms with Crippen molar-refractivity contribution in [3.05, 3.63) is 33.8 Å². The predicted octanol–water partition coefficient (Wildman–Crippen LogP) is 4.04. The Morgan fingerprint density at radius 3 is 2.38 bits per heavy atom. The molecule has 1 atom stereocenters. The van der Waals surface area contributed by atoms with Crippen LogP contribution >= 0.6 is 23.2 Å². The molecule has 2 N–H and O–H groups in total. The van der Waals surface area contributed by atoms with Crippen molar-refractivity contribution < 1.29 is 0 Å². The van der Waals surface area contributed by atoms with Gasteiger partial charge in [-0.05, 0) is 24.1 Å². The van der Waals surface area contributed by atoms with Crippen molar-refractivity contribution in [2.24, 2.45) is 5.73 Å². The lowest BCUT2D eigenvalue weighted by atomic mass is 10.1. The van der Waals surface area contributed by atoms with Crippen LogP contribution in [0.2, 0.25) is 10.0 Å². The van der Waals surface area contributed by atoms with Gasteiger partial charge >= 0.3 is 0 Å². The molecular formula is C10H15Cl2N. The highest BCUT2D eigenvalue weighted by molar-refractivity contribution is 6.42. The number of halogens is 2. The molecule has 0 unspecified atom stereocenters. The maximum atomic E-state index is 5.83. The van der Waals surface area contributed by atoms with Gasteiger partial charge in [0.15, 0.2) is 0 Å². The Balaban J connectivity index is 0.00000144. The van der Waals surface area contributed by atoms with Gasteiger partial charge in [0.2, 0.25) is 0 Å². The van der Waals surface area contributed by atoms with E-state index in [0.29, 0.717) is 10.0 Å². The van der Waals surface area contributed by atoms with Crippen LogP contribution in [0.15, 0.2) is 18.2 Å². The summed E-state index contributed by atoms with van der Waals surface area (Å²) in [6.45, 7) is 2.03. The molecule has 13 heavy (non-hydrogen) atoms. The van der Waals surface area contributed by atoms with Gasteiger partial charge in [0.05, 0.1) is 10.0 Å². The summed E-state index contributed by atoms with van der Waals surface area (Å²) in [7, 11) is 0. The van der Waals surface area contributed by atoms with Gasteiger partial charge in [0.25, 0.3) is 0 Å². The Kier molecular flexibility index (Phi) is 5.38. The molecule has 0 aliphatic carbocycles. The van der Waals surface area contributed by atoms with Crippen molar-refractivity contribution >= 4 is 23.2 Å². The Morgan fingerprint density at radius 2 is 1.92 bits per heavy atom. The largest absolute Gasteiger partial charge is 0.324 e. The van der Waals surface area contributed by atoms with Gasteiger partial charge in [-0.25, -0.2) is 0 Å². The average Bonchev–Trinajstić information content (AvgIpc) is 2.08. The molecule has 3 heteroatoms. The number of hydrogen-bond acceptors (Lipinski definition) is 1. The van der Waals surface area contributed by atoms with E-state index in [1.807, 2.05) is 19.1 Å². The van der Waals surface area contributed by atoms with Gasteiger partial charge in [-0.2, -0.15) is 0 Å². The van der Waals surface area contributed by atoms with Gasteiger partial charge in [-0.1, -0.05) is 43.6 Å². The smallest absolute Gasteiger partial charge is 0.0595 e. The number of rotatable bonds is 2. The van der Waals surface area contributed by atoms with Gasteiger partial charge < -0.3 is 5.73 Å². The maximum Gasteiger partial charge on any atom is 0.0595 e. The molecule has 0 heterocycles. The Morgan fingerprint density at radius 1 is 1.31 bits per heavy atom. The summed E-state index contributed by atoms with van der Waals surface area (Å²) in [4.78, 5) is 0. The van der Waals surface area contributed by atoms with Crippen molar-refractivity contribution in [3.8, 4) is 0 Å². The lowest BCUT2D eigenvalue weighted by molar-refractivity contribution is 0.699. The first-order valence-electron chi connectivity index (χ1n) is 3.85. The van der Waals surface area contributed by atoms with Crippen molar-refractivity contribution in [1.29, 1.82) is 0 Å². The molecule has 0 saturated heterocycles. The summed E-state index contributed by atoms with van der Waals surface area (Å²) >= 11 is 11.6. The standard InChI is InChI=1S/C9H11Cl2N.CH4/c1-2-9(12)6-3-4-7(10)8(11)5-6;/h3-5,9H,2,12H2,1H3;1H4/t9-;/m1./s1. The van der Waals surface area contributed by atoms with E-state index in [4.69, 9.17) is 28.9 Å². The SMILES string of the molecule is C.CC[C@@H](N)c1ccc(Cl)c(Cl)c1. The zero-order chi connectivity index (χ0) is 9.14. The number of nitrogens with two attached hydrogens (primary N) is 1. The first-order chi connectivity index (χ1) is 5.65. The molecule has 0 amide bonds. The molecule has 1 nitrogen and oxygen atoms in total. The van der Waals surface area contributed by atoms with Crippen LogP contribution in [0.1, 0.15) is 32.4 Å². The molecule has 0 aliphatic heterocycles. The highest BCUT2D eigenvalue weighted by Gasteiger charge is 2.04. The van der Waals surface area contributed by atoms with Gasteiger partial charge in [-0.15, -0.1) is 0 Å². The normalized spacial score (nSPS) is 12.0. The molecule has 0 aliphatic rings. The second-order valence-corrected chi connectivity index (χ2v) is 3.50. The van der Waals surface area contributed by atoms with Crippen LogP contribution < -0.4 is 5.73 Å². The highest BCUT2D eigenvalue weighted by atomic mass is 35.5. The van der Waals surface area contributed by atoms with E-state index in [1.165, 1.54) is 0 Å². The summed E-state index contributed by atoms with van der Waals surface area (Å²) in [5, 5.41) is 1.14. The second kappa shape index (κ2) is 5.48. The summed E-state index contributed by atoms with van der Waals surface area (Å²) < 4.78 is 0. The predicted molar refractivity (Wildman–Crippen MR) is 60.4 cm³/mol.